The third-order valence-electron chi connectivity index (χ3n) is 4.75. The summed E-state index contributed by atoms with van der Waals surface area (Å²) < 4.78 is 10.5. The molecule has 0 bridgehead atoms. The number of likely N-dealkylation sites (tertiary alicyclic amines) is 1. The maximum atomic E-state index is 12.2. The van der Waals surface area contributed by atoms with Crippen LogP contribution in [0.2, 0.25) is 0 Å². The Labute approximate surface area is 149 Å². The zero-order valence-electron chi connectivity index (χ0n) is 15.0. The molecule has 0 saturated carbocycles. The van der Waals surface area contributed by atoms with Gasteiger partial charge in [-0.05, 0) is 49.1 Å². The molecule has 25 heavy (non-hydrogen) atoms. The Balaban J connectivity index is 1.45. The Bertz CT molecular complexity index is 710. The van der Waals surface area contributed by atoms with Crippen molar-refractivity contribution in [3.63, 3.8) is 0 Å². The van der Waals surface area contributed by atoms with Gasteiger partial charge in [-0.15, -0.1) is 0 Å². The summed E-state index contributed by atoms with van der Waals surface area (Å²) in [6.45, 7) is 6.29. The molecule has 1 N–H and O–H groups in total. The molecule has 0 spiro atoms. The number of methoxy groups -OCH3 is 1. The molecule has 1 aliphatic heterocycles. The van der Waals surface area contributed by atoms with E-state index in [1.54, 1.807) is 19.2 Å². The second-order valence-corrected chi connectivity index (χ2v) is 6.73. The summed E-state index contributed by atoms with van der Waals surface area (Å²) in [6, 6.07) is 12.0. The van der Waals surface area contributed by atoms with Crippen LogP contribution >= 0.6 is 0 Å². The number of ether oxygens (including phenoxy) is 1. The van der Waals surface area contributed by atoms with Crippen LogP contribution < -0.4 is 5.32 Å². The van der Waals surface area contributed by atoms with Gasteiger partial charge in [0.05, 0.1) is 0 Å². The highest BCUT2D eigenvalue weighted by Crippen LogP contribution is 2.20. The number of rotatable bonds is 7. The van der Waals surface area contributed by atoms with E-state index in [9.17, 15) is 4.79 Å². The molecule has 5 nitrogen and oxygen atoms in total. The molecule has 134 valence electrons. The van der Waals surface area contributed by atoms with Gasteiger partial charge >= 0.3 is 0 Å². The van der Waals surface area contributed by atoms with Crippen LogP contribution in [0.3, 0.4) is 0 Å². The van der Waals surface area contributed by atoms with Crippen molar-refractivity contribution in [1.29, 1.82) is 0 Å². The van der Waals surface area contributed by atoms with Gasteiger partial charge < -0.3 is 14.5 Å². The van der Waals surface area contributed by atoms with Crippen LogP contribution in [0.4, 0.5) is 0 Å². The zero-order chi connectivity index (χ0) is 17.6. The first-order valence-electron chi connectivity index (χ1n) is 8.78. The largest absolute Gasteiger partial charge is 0.453 e. The van der Waals surface area contributed by atoms with E-state index >= 15 is 0 Å². The molecule has 0 radical (unpaired) electrons. The summed E-state index contributed by atoms with van der Waals surface area (Å²) in [7, 11) is 1.60. The maximum absolute atomic E-state index is 12.2. The van der Waals surface area contributed by atoms with Crippen molar-refractivity contribution < 1.29 is 13.9 Å². The molecule has 3 rings (SSSR count). The van der Waals surface area contributed by atoms with Crippen molar-refractivity contribution in [3.05, 3.63) is 59.0 Å². The minimum absolute atomic E-state index is 0.153. The number of amides is 1. The van der Waals surface area contributed by atoms with Gasteiger partial charge in [0.15, 0.2) is 5.76 Å². The van der Waals surface area contributed by atoms with E-state index in [-0.39, 0.29) is 5.91 Å². The van der Waals surface area contributed by atoms with Gasteiger partial charge in [0.25, 0.3) is 5.91 Å². The summed E-state index contributed by atoms with van der Waals surface area (Å²) in [6.07, 6.45) is 1.11. The number of benzene rings is 1. The van der Waals surface area contributed by atoms with Gasteiger partial charge in [-0.3, -0.25) is 9.69 Å². The molecular weight excluding hydrogens is 316 g/mol. The molecule has 1 fully saturated rings. The summed E-state index contributed by atoms with van der Waals surface area (Å²) in [5.74, 6) is 1.35. The smallest absolute Gasteiger partial charge is 0.287 e. The highest BCUT2D eigenvalue weighted by atomic mass is 16.5. The highest BCUT2D eigenvalue weighted by molar-refractivity contribution is 5.91. The number of furan rings is 1. The first-order chi connectivity index (χ1) is 12.2. The molecule has 1 aromatic carbocycles. The van der Waals surface area contributed by atoms with Crippen LogP contribution in [0.15, 0.2) is 40.8 Å². The zero-order valence-corrected chi connectivity index (χ0v) is 15.0. The fourth-order valence-electron chi connectivity index (χ4n) is 3.30. The molecule has 1 amide bonds. The van der Waals surface area contributed by atoms with Gasteiger partial charge in [-0.25, -0.2) is 0 Å². The molecule has 5 heteroatoms. The van der Waals surface area contributed by atoms with Crippen molar-refractivity contribution >= 4 is 5.91 Å². The molecule has 2 aromatic rings. The van der Waals surface area contributed by atoms with E-state index in [2.05, 4.69) is 41.4 Å². The van der Waals surface area contributed by atoms with Crippen LogP contribution in [-0.4, -0.2) is 37.6 Å². The van der Waals surface area contributed by atoms with E-state index < -0.39 is 0 Å². The van der Waals surface area contributed by atoms with Crippen molar-refractivity contribution in [1.82, 2.24) is 10.2 Å². The third-order valence-corrected chi connectivity index (χ3v) is 4.75. The van der Waals surface area contributed by atoms with Crippen LogP contribution in [0, 0.1) is 12.8 Å². The summed E-state index contributed by atoms with van der Waals surface area (Å²) >= 11 is 0. The molecule has 1 saturated heterocycles. The average molecular weight is 342 g/mol. The number of hydrogen-bond acceptors (Lipinski definition) is 4. The number of carbonyl (C=O) groups is 1. The van der Waals surface area contributed by atoms with Crippen molar-refractivity contribution in [2.45, 2.75) is 26.5 Å². The lowest BCUT2D eigenvalue weighted by Gasteiger charge is -2.17. The SMILES string of the molecule is COCc1ccc(C(=O)NC[C@@H]2CCN(Cc3ccccc3C)C2)o1. The third kappa shape index (κ3) is 4.71. The normalized spacial score (nSPS) is 17.8. The lowest BCUT2D eigenvalue weighted by molar-refractivity contribution is 0.0911. The second-order valence-electron chi connectivity index (χ2n) is 6.73. The number of nitrogens with one attached hydrogen (secondary N) is 1. The number of hydrogen-bond donors (Lipinski definition) is 1. The van der Waals surface area contributed by atoms with Gasteiger partial charge in [0.2, 0.25) is 0 Å². The van der Waals surface area contributed by atoms with Crippen molar-refractivity contribution in [2.75, 3.05) is 26.7 Å². The first-order valence-corrected chi connectivity index (χ1v) is 8.78. The fourth-order valence-corrected chi connectivity index (χ4v) is 3.30. The Kier molecular flexibility index (Phi) is 5.89. The highest BCUT2D eigenvalue weighted by Gasteiger charge is 2.23. The predicted octanol–water partition coefficient (Wildman–Crippen LogP) is 2.99. The van der Waals surface area contributed by atoms with E-state index in [1.165, 1.54) is 11.1 Å². The quantitative estimate of drug-likeness (QED) is 0.840. The van der Waals surface area contributed by atoms with Gasteiger partial charge in [-0.1, -0.05) is 24.3 Å². The Morgan fingerprint density at radius 2 is 2.16 bits per heavy atom. The van der Waals surface area contributed by atoms with E-state index in [4.69, 9.17) is 9.15 Å². The lowest BCUT2D eigenvalue weighted by atomic mass is 10.1. The van der Waals surface area contributed by atoms with E-state index in [0.29, 0.717) is 30.6 Å². The molecule has 1 aliphatic rings. The van der Waals surface area contributed by atoms with E-state index in [0.717, 1.165) is 26.1 Å². The monoisotopic (exact) mass is 342 g/mol. The first kappa shape index (κ1) is 17.7. The second kappa shape index (κ2) is 8.32. The Hall–Kier alpha value is -2.11. The molecule has 1 aromatic heterocycles. The lowest BCUT2D eigenvalue weighted by Crippen LogP contribution is -2.30. The van der Waals surface area contributed by atoms with Gasteiger partial charge in [-0.2, -0.15) is 0 Å². The van der Waals surface area contributed by atoms with Gasteiger partial charge in [0, 0.05) is 26.7 Å². The number of aryl methyl sites for hydroxylation is 1. The van der Waals surface area contributed by atoms with Crippen LogP contribution in [0.25, 0.3) is 0 Å². The van der Waals surface area contributed by atoms with E-state index in [1.807, 2.05) is 0 Å². The molecular formula is C20H26N2O3. The Morgan fingerprint density at radius 3 is 2.96 bits per heavy atom. The summed E-state index contributed by atoms with van der Waals surface area (Å²) in [5, 5.41) is 2.99. The number of nitrogens with zero attached hydrogens (tertiary/aromatic N) is 1. The van der Waals surface area contributed by atoms with Crippen LogP contribution in [0.1, 0.15) is 33.9 Å². The topological polar surface area (TPSA) is 54.7 Å². The van der Waals surface area contributed by atoms with Gasteiger partial charge in [0.1, 0.15) is 12.4 Å². The maximum Gasteiger partial charge on any atom is 0.287 e. The number of carbonyl (C=O) groups excluding carboxylic acids is 1. The minimum atomic E-state index is -0.153. The molecule has 1 atom stereocenters. The Morgan fingerprint density at radius 1 is 1.32 bits per heavy atom. The molecule has 0 aliphatic carbocycles. The standard InChI is InChI=1S/C20H26N2O3/c1-15-5-3-4-6-17(15)13-22-10-9-16(12-22)11-21-20(23)19-8-7-18(25-19)14-24-2/h3-8,16H,9-14H2,1-2H3,(H,21,23)/t16-/m0/s1. The van der Waals surface area contributed by atoms with Crippen LogP contribution in [0.5, 0.6) is 0 Å². The average Bonchev–Trinajstić information content (AvgIpc) is 3.25. The predicted molar refractivity (Wildman–Crippen MR) is 96.3 cm³/mol. The van der Waals surface area contributed by atoms with Crippen molar-refractivity contribution in [2.24, 2.45) is 5.92 Å². The fraction of sp³-hybridized carbons (Fsp3) is 0.450. The minimum Gasteiger partial charge on any atom is -0.453 e. The molecule has 0 unspecified atom stereocenters. The summed E-state index contributed by atoms with van der Waals surface area (Å²) in [4.78, 5) is 14.6. The van der Waals surface area contributed by atoms with Crippen molar-refractivity contribution in [3.8, 4) is 0 Å². The summed E-state index contributed by atoms with van der Waals surface area (Å²) in [5.41, 5.74) is 2.72. The molecule has 2 heterocycles. The van der Waals surface area contributed by atoms with Crippen LogP contribution in [-0.2, 0) is 17.9 Å².